The lowest BCUT2D eigenvalue weighted by molar-refractivity contribution is 0.189. The van der Waals surface area contributed by atoms with Gasteiger partial charge in [0.15, 0.2) is 0 Å². The highest BCUT2D eigenvalue weighted by Gasteiger charge is 1.93. The second kappa shape index (κ2) is 4.71. The van der Waals surface area contributed by atoms with Crippen LogP contribution in [0.5, 0.6) is 0 Å². The number of hydrogen-bond acceptors (Lipinski definition) is 2. The third-order valence-corrected chi connectivity index (χ3v) is 1.92. The molecule has 62 valence electrons. The van der Waals surface area contributed by atoms with Crippen molar-refractivity contribution >= 4 is 22.6 Å². The summed E-state index contributed by atoms with van der Waals surface area (Å²) in [4.78, 5) is 0. The van der Waals surface area contributed by atoms with E-state index in [4.69, 9.17) is 4.74 Å². The van der Waals surface area contributed by atoms with Crippen molar-refractivity contribution < 1.29 is 4.74 Å². The Morgan fingerprint density at radius 3 is 3.09 bits per heavy atom. The number of nitrogens with zero attached hydrogens (tertiary/aromatic N) is 2. The van der Waals surface area contributed by atoms with Crippen molar-refractivity contribution in [3.8, 4) is 0 Å². The maximum absolute atomic E-state index is 4.93. The molecule has 0 N–H and O–H groups in total. The van der Waals surface area contributed by atoms with Gasteiger partial charge in [-0.1, -0.05) is 0 Å². The van der Waals surface area contributed by atoms with Gasteiger partial charge in [-0.2, -0.15) is 5.10 Å². The van der Waals surface area contributed by atoms with Gasteiger partial charge in [0, 0.05) is 26.5 Å². The van der Waals surface area contributed by atoms with Crippen LogP contribution in [0.1, 0.15) is 6.42 Å². The second-order valence-electron chi connectivity index (χ2n) is 2.25. The zero-order chi connectivity index (χ0) is 8.10. The van der Waals surface area contributed by atoms with E-state index in [2.05, 4.69) is 27.7 Å². The number of hydrogen-bond donors (Lipinski definition) is 0. The minimum atomic E-state index is 0.802. The molecule has 0 aromatic carbocycles. The SMILES string of the molecule is COCCCn1ccc(I)n1. The molecule has 0 amide bonds. The largest absolute Gasteiger partial charge is 0.385 e. The summed E-state index contributed by atoms with van der Waals surface area (Å²) >= 11 is 2.20. The second-order valence-corrected chi connectivity index (χ2v) is 3.35. The lowest BCUT2D eigenvalue weighted by Gasteiger charge is -1.98. The number of aromatic nitrogens is 2. The molecule has 0 aliphatic rings. The van der Waals surface area contributed by atoms with E-state index in [9.17, 15) is 0 Å². The minimum absolute atomic E-state index is 0.802. The zero-order valence-corrected chi connectivity index (χ0v) is 8.61. The molecule has 0 saturated carbocycles. The Kier molecular flexibility index (Phi) is 3.85. The minimum Gasteiger partial charge on any atom is -0.385 e. The fourth-order valence-electron chi connectivity index (χ4n) is 0.832. The van der Waals surface area contributed by atoms with Gasteiger partial charge in [0.25, 0.3) is 0 Å². The average molecular weight is 266 g/mol. The predicted octanol–water partition coefficient (Wildman–Crippen LogP) is 1.52. The smallest absolute Gasteiger partial charge is 0.123 e. The first kappa shape index (κ1) is 8.99. The summed E-state index contributed by atoms with van der Waals surface area (Å²) in [6.45, 7) is 1.74. The number of ether oxygens (including phenoxy) is 1. The van der Waals surface area contributed by atoms with Gasteiger partial charge in [0.05, 0.1) is 0 Å². The third kappa shape index (κ3) is 3.20. The fraction of sp³-hybridized carbons (Fsp3) is 0.571. The summed E-state index contributed by atoms with van der Waals surface area (Å²) in [5.74, 6) is 0. The molecular weight excluding hydrogens is 255 g/mol. The van der Waals surface area contributed by atoms with Gasteiger partial charge in [-0.25, -0.2) is 0 Å². The van der Waals surface area contributed by atoms with Crippen LogP contribution in [-0.4, -0.2) is 23.5 Å². The molecule has 0 aliphatic carbocycles. The summed E-state index contributed by atoms with van der Waals surface area (Å²) < 4.78 is 7.90. The van der Waals surface area contributed by atoms with E-state index in [1.807, 2.05) is 16.9 Å². The molecule has 1 aromatic heterocycles. The molecule has 1 aromatic rings. The van der Waals surface area contributed by atoms with E-state index < -0.39 is 0 Å². The number of aryl methyl sites for hydroxylation is 1. The molecule has 0 atom stereocenters. The molecule has 0 fully saturated rings. The quantitative estimate of drug-likeness (QED) is 0.610. The Morgan fingerprint density at radius 2 is 2.55 bits per heavy atom. The number of halogens is 1. The van der Waals surface area contributed by atoms with Crippen LogP contribution in [0.15, 0.2) is 12.3 Å². The Hall–Kier alpha value is -0.100. The molecule has 1 heterocycles. The zero-order valence-electron chi connectivity index (χ0n) is 6.46. The van der Waals surface area contributed by atoms with E-state index in [1.54, 1.807) is 7.11 Å². The van der Waals surface area contributed by atoms with Gasteiger partial charge in [0.1, 0.15) is 3.70 Å². The first-order valence-electron chi connectivity index (χ1n) is 3.51. The van der Waals surface area contributed by atoms with Gasteiger partial charge in [-0.3, -0.25) is 4.68 Å². The van der Waals surface area contributed by atoms with Gasteiger partial charge in [0.2, 0.25) is 0 Å². The molecule has 0 unspecified atom stereocenters. The van der Waals surface area contributed by atoms with Gasteiger partial charge >= 0.3 is 0 Å². The molecular formula is C7H11IN2O. The highest BCUT2D eigenvalue weighted by atomic mass is 127. The maximum Gasteiger partial charge on any atom is 0.123 e. The highest BCUT2D eigenvalue weighted by Crippen LogP contribution is 1.99. The average Bonchev–Trinajstić information content (AvgIpc) is 2.37. The topological polar surface area (TPSA) is 27.1 Å². The monoisotopic (exact) mass is 266 g/mol. The molecule has 3 nitrogen and oxygen atoms in total. The third-order valence-electron chi connectivity index (χ3n) is 1.34. The van der Waals surface area contributed by atoms with Crippen LogP contribution in [-0.2, 0) is 11.3 Å². The van der Waals surface area contributed by atoms with Crippen molar-refractivity contribution in [2.75, 3.05) is 13.7 Å². The molecule has 0 saturated heterocycles. The van der Waals surface area contributed by atoms with Gasteiger partial charge < -0.3 is 4.74 Å². The van der Waals surface area contributed by atoms with Gasteiger partial charge in [-0.05, 0) is 35.1 Å². The summed E-state index contributed by atoms with van der Waals surface area (Å²) in [5, 5.41) is 4.23. The lowest BCUT2D eigenvalue weighted by atomic mass is 10.4. The summed E-state index contributed by atoms with van der Waals surface area (Å²) in [6, 6.07) is 1.99. The van der Waals surface area contributed by atoms with Crippen LogP contribution in [0.2, 0.25) is 0 Å². The van der Waals surface area contributed by atoms with Crippen molar-refractivity contribution in [1.82, 2.24) is 9.78 Å². The van der Waals surface area contributed by atoms with Crippen molar-refractivity contribution in [2.45, 2.75) is 13.0 Å². The van der Waals surface area contributed by atoms with Crippen LogP contribution in [0.25, 0.3) is 0 Å². The fourth-order valence-corrected chi connectivity index (χ4v) is 1.27. The highest BCUT2D eigenvalue weighted by molar-refractivity contribution is 14.1. The molecule has 0 aliphatic heterocycles. The van der Waals surface area contributed by atoms with Crippen LogP contribution in [0, 0.1) is 3.70 Å². The number of methoxy groups -OCH3 is 1. The standard InChI is InChI=1S/C7H11IN2O/c1-11-6-2-4-10-5-3-7(8)9-10/h3,5H,2,4,6H2,1H3. The van der Waals surface area contributed by atoms with Crippen molar-refractivity contribution in [3.05, 3.63) is 16.0 Å². The first-order chi connectivity index (χ1) is 5.33. The lowest BCUT2D eigenvalue weighted by Crippen LogP contribution is -2.01. The Bertz CT molecular complexity index is 212. The maximum atomic E-state index is 4.93. The van der Waals surface area contributed by atoms with E-state index >= 15 is 0 Å². The van der Waals surface area contributed by atoms with Crippen molar-refractivity contribution in [3.63, 3.8) is 0 Å². The number of rotatable bonds is 4. The first-order valence-corrected chi connectivity index (χ1v) is 4.58. The van der Waals surface area contributed by atoms with Crippen LogP contribution in [0.3, 0.4) is 0 Å². The van der Waals surface area contributed by atoms with E-state index in [0.717, 1.165) is 23.3 Å². The Morgan fingerprint density at radius 1 is 1.73 bits per heavy atom. The summed E-state index contributed by atoms with van der Waals surface area (Å²) in [6.07, 6.45) is 3.01. The molecule has 0 bridgehead atoms. The summed E-state index contributed by atoms with van der Waals surface area (Å²) in [7, 11) is 1.72. The predicted molar refractivity (Wildman–Crippen MR) is 51.4 cm³/mol. The normalized spacial score (nSPS) is 10.4. The van der Waals surface area contributed by atoms with E-state index in [0.29, 0.717) is 0 Å². The summed E-state index contributed by atoms with van der Waals surface area (Å²) in [5.41, 5.74) is 0. The van der Waals surface area contributed by atoms with E-state index in [-0.39, 0.29) is 0 Å². The van der Waals surface area contributed by atoms with Crippen molar-refractivity contribution in [1.29, 1.82) is 0 Å². The molecule has 1 rings (SSSR count). The molecule has 0 spiro atoms. The van der Waals surface area contributed by atoms with Crippen molar-refractivity contribution in [2.24, 2.45) is 0 Å². The molecule has 4 heteroatoms. The van der Waals surface area contributed by atoms with Crippen LogP contribution >= 0.6 is 22.6 Å². The van der Waals surface area contributed by atoms with Gasteiger partial charge in [-0.15, -0.1) is 0 Å². The van der Waals surface area contributed by atoms with Crippen LogP contribution < -0.4 is 0 Å². The molecule has 11 heavy (non-hydrogen) atoms. The molecule has 0 radical (unpaired) electrons. The van der Waals surface area contributed by atoms with E-state index in [1.165, 1.54) is 0 Å². The van der Waals surface area contributed by atoms with Crippen LogP contribution in [0.4, 0.5) is 0 Å². The Labute approximate surface area is 79.9 Å². The Balaban J connectivity index is 2.27.